The van der Waals surface area contributed by atoms with Crippen LogP contribution in [0, 0.1) is 12.7 Å². The summed E-state index contributed by atoms with van der Waals surface area (Å²) in [6.07, 6.45) is 0. The first-order chi connectivity index (χ1) is 9.88. The van der Waals surface area contributed by atoms with Crippen molar-refractivity contribution in [3.63, 3.8) is 0 Å². The van der Waals surface area contributed by atoms with Gasteiger partial charge in [0.05, 0.1) is 11.6 Å². The third-order valence-corrected chi connectivity index (χ3v) is 4.21. The van der Waals surface area contributed by atoms with Gasteiger partial charge in [-0.1, -0.05) is 0 Å². The molecule has 2 rings (SSSR count). The predicted molar refractivity (Wildman–Crippen MR) is 77.3 cm³/mol. The molecule has 1 atom stereocenters. The number of nitrogens with one attached hydrogen (secondary N) is 1. The molecule has 110 valence electrons. The minimum absolute atomic E-state index is 0.131. The number of carboxylic acid groups (broad SMARTS) is 1. The van der Waals surface area contributed by atoms with Crippen LogP contribution in [0.4, 0.5) is 10.1 Å². The van der Waals surface area contributed by atoms with Crippen molar-refractivity contribution < 1.29 is 19.1 Å². The van der Waals surface area contributed by atoms with Crippen molar-refractivity contribution >= 4 is 28.9 Å². The molecule has 0 bridgehead atoms. The van der Waals surface area contributed by atoms with Crippen molar-refractivity contribution in [1.82, 2.24) is 4.98 Å². The van der Waals surface area contributed by atoms with Gasteiger partial charge in [-0.15, -0.1) is 11.3 Å². The molecule has 1 heterocycles. The van der Waals surface area contributed by atoms with Crippen molar-refractivity contribution in [3.8, 4) is 0 Å². The number of aromatic carboxylic acids is 1. The molecular weight excluding hydrogens is 295 g/mol. The minimum Gasteiger partial charge on any atom is -0.477 e. The highest BCUT2D eigenvalue weighted by atomic mass is 32.1. The fraction of sp³-hybridized carbons (Fsp3) is 0.214. The number of rotatable bonds is 4. The summed E-state index contributed by atoms with van der Waals surface area (Å²) >= 11 is 0.986. The molecule has 0 fully saturated rings. The van der Waals surface area contributed by atoms with Crippen LogP contribution < -0.4 is 5.32 Å². The molecule has 0 aliphatic carbocycles. The second kappa shape index (κ2) is 6.01. The molecule has 5 nitrogen and oxygen atoms in total. The number of nitrogens with zero attached hydrogens (tertiary/aromatic N) is 1. The molecule has 0 radical (unpaired) electrons. The SMILES string of the molecule is Cc1nc([C@H](C)C(=O)Nc2ccc(F)cc2)sc1C(=O)O. The Morgan fingerprint density at radius 3 is 2.48 bits per heavy atom. The molecule has 1 aromatic heterocycles. The number of aromatic nitrogens is 1. The number of amides is 1. The molecule has 0 aliphatic heterocycles. The van der Waals surface area contributed by atoms with Crippen LogP contribution in [0.15, 0.2) is 24.3 Å². The zero-order chi connectivity index (χ0) is 15.6. The number of thiazole rings is 1. The Morgan fingerprint density at radius 1 is 1.33 bits per heavy atom. The number of aryl methyl sites for hydroxylation is 1. The summed E-state index contributed by atoms with van der Waals surface area (Å²) < 4.78 is 12.8. The predicted octanol–water partition coefficient (Wildman–Crippen LogP) is 3.03. The standard InChI is InChI=1S/C14H13FN2O3S/c1-7(13-16-8(2)11(21-13)14(19)20)12(18)17-10-5-3-9(15)4-6-10/h3-7H,1-2H3,(H,17,18)(H,19,20)/t7-/m1/s1. The second-order valence-corrected chi connectivity index (χ2v) is 5.52. The van der Waals surface area contributed by atoms with E-state index in [1.165, 1.54) is 24.3 Å². The van der Waals surface area contributed by atoms with Crippen molar-refractivity contribution in [3.05, 3.63) is 45.7 Å². The topological polar surface area (TPSA) is 79.3 Å². The van der Waals surface area contributed by atoms with Gasteiger partial charge < -0.3 is 10.4 Å². The number of carbonyl (C=O) groups is 2. The maximum atomic E-state index is 12.8. The number of carboxylic acids is 1. The van der Waals surface area contributed by atoms with E-state index >= 15 is 0 Å². The molecule has 0 aliphatic rings. The quantitative estimate of drug-likeness (QED) is 0.910. The monoisotopic (exact) mass is 308 g/mol. The zero-order valence-corrected chi connectivity index (χ0v) is 12.2. The molecular formula is C14H13FN2O3S. The number of hydrogen-bond donors (Lipinski definition) is 2. The Kier molecular flexibility index (Phi) is 4.32. The fourth-order valence-corrected chi connectivity index (χ4v) is 2.65. The third kappa shape index (κ3) is 3.43. The summed E-state index contributed by atoms with van der Waals surface area (Å²) in [5, 5.41) is 12.1. The van der Waals surface area contributed by atoms with Gasteiger partial charge in [-0.3, -0.25) is 4.79 Å². The number of benzene rings is 1. The van der Waals surface area contributed by atoms with E-state index in [4.69, 9.17) is 5.11 Å². The molecule has 0 saturated carbocycles. The Labute approximate surface area is 124 Å². The van der Waals surface area contributed by atoms with Gasteiger partial charge in [0.25, 0.3) is 0 Å². The lowest BCUT2D eigenvalue weighted by Gasteiger charge is -2.09. The van der Waals surface area contributed by atoms with Gasteiger partial charge >= 0.3 is 5.97 Å². The number of halogens is 1. The van der Waals surface area contributed by atoms with Gasteiger partial charge in [-0.25, -0.2) is 14.2 Å². The van der Waals surface area contributed by atoms with E-state index in [1.807, 2.05) is 0 Å². The average molecular weight is 308 g/mol. The normalized spacial score (nSPS) is 12.0. The molecule has 2 aromatic rings. The summed E-state index contributed by atoms with van der Waals surface area (Å²) in [6.45, 7) is 3.23. The fourth-order valence-electron chi connectivity index (χ4n) is 1.70. The van der Waals surface area contributed by atoms with Crippen molar-refractivity contribution in [2.45, 2.75) is 19.8 Å². The maximum Gasteiger partial charge on any atom is 0.347 e. The van der Waals surface area contributed by atoms with E-state index in [-0.39, 0.29) is 16.6 Å². The Morgan fingerprint density at radius 2 is 1.95 bits per heavy atom. The Balaban J connectivity index is 2.13. The van der Waals surface area contributed by atoms with Crippen LogP contribution in [0.3, 0.4) is 0 Å². The average Bonchev–Trinajstić information content (AvgIpc) is 2.82. The molecule has 0 spiro atoms. The lowest BCUT2D eigenvalue weighted by molar-refractivity contribution is -0.117. The molecule has 0 unspecified atom stereocenters. The van der Waals surface area contributed by atoms with E-state index in [2.05, 4.69) is 10.3 Å². The lowest BCUT2D eigenvalue weighted by Crippen LogP contribution is -2.18. The van der Waals surface area contributed by atoms with E-state index in [9.17, 15) is 14.0 Å². The first-order valence-corrected chi connectivity index (χ1v) is 6.97. The second-order valence-electron chi connectivity index (χ2n) is 4.49. The van der Waals surface area contributed by atoms with Gasteiger partial charge in [-0.05, 0) is 38.1 Å². The Hall–Kier alpha value is -2.28. The highest BCUT2D eigenvalue weighted by Crippen LogP contribution is 2.26. The summed E-state index contributed by atoms with van der Waals surface area (Å²) in [5.74, 6) is -2.36. The van der Waals surface area contributed by atoms with Gasteiger partial charge in [0, 0.05) is 5.69 Å². The van der Waals surface area contributed by atoms with Crippen LogP contribution in [0.25, 0.3) is 0 Å². The first-order valence-electron chi connectivity index (χ1n) is 6.15. The largest absolute Gasteiger partial charge is 0.477 e. The highest BCUT2D eigenvalue weighted by molar-refractivity contribution is 7.13. The number of hydrogen-bond acceptors (Lipinski definition) is 4. The van der Waals surface area contributed by atoms with E-state index in [0.29, 0.717) is 16.4 Å². The van der Waals surface area contributed by atoms with Gasteiger partial charge in [0.1, 0.15) is 15.7 Å². The number of anilines is 1. The maximum absolute atomic E-state index is 12.8. The summed E-state index contributed by atoms with van der Waals surface area (Å²) in [6, 6.07) is 5.40. The zero-order valence-electron chi connectivity index (χ0n) is 11.4. The minimum atomic E-state index is -1.05. The van der Waals surface area contributed by atoms with Crippen LogP contribution in [0.5, 0.6) is 0 Å². The molecule has 1 amide bonds. The van der Waals surface area contributed by atoms with Crippen LogP contribution in [0.1, 0.15) is 33.2 Å². The molecule has 0 saturated heterocycles. The van der Waals surface area contributed by atoms with Gasteiger partial charge in [0.2, 0.25) is 5.91 Å². The Bertz CT molecular complexity index is 682. The number of carbonyl (C=O) groups excluding carboxylic acids is 1. The molecule has 7 heteroatoms. The van der Waals surface area contributed by atoms with Crippen LogP contribution >= 0.6 is 11.3 Å². The van der Waals surface area contributed by atoms with E-state index < -0.39 is 11.9 Å². The first kappa shape index (κ1) is 15.1. The van der Waals surface area contributed by atoms with Gasteiger partial charge in [-0.2, -0.15) is 0 Å². The van der Waals surface area contributed by atoms with Crippen molar-refractivity contribution in [2.24, 2.45) is 0 Å². The molecule has 1 aromatic carbocycles. The smallest absolute Gasteiger partial charge is 0.347 e. The lowest BCUT2D eigenvalue weighted by atomic mass is 10.1. The van der Waals surface area contributed by atoms with Crippen molar-refractivity contribution in [2.75, 3.05) is 5.32 Å². The van der Waals surface area contributed by atoms with Crippen LogP contribution in [-0.4, -0.2) is 22.0 Å². The van der Waals surface area contributed by atoms with Crippen molar-refractivity contribution in [1.29, 1.82) is 0 Å². The molecule has 21 heavy (non-hydrogen) atoms. The highest BCUT2D eigenvalue weighted by Gasteiger charge is 2.22. The summed E-state index contributed by atoms with van der Waals surface area (Å²) in [4.78, 5) is 27.3. The van der Waals surface area contributed by atoms with Crippen LogP contribution in [0.2, 0.25) is 0 Å². The molecule has 2 N–H and O–H groups in total. The summed E-state index contributed by atoms with van der Waals surface area (Å²) in [7, 11) is 0. The summed E-state index contributed by atoms with van der Waals surface area (Å²) in [5.41, 5.74) is 0.865. The third-order valence-electron chi connectivity index (χ3n) is 2.88. The van der Waals surface area contributed by atoms with Crippen LogP contribution in [-0.2, 0) is 4.79 Å². The van der Waals surface area contributed by atoms with E-state index in [1.54, 1.807) is 13.8 Å². The van der Waals surface area contributed by atoms with E-state index in [0.717, 1.165) is 11.3 Å². The van der Waals surface area contributed by atoms with Gasteiger partial charge in [0.15, 0.2) is 0 Å².